The van der Waals surface area contributed by atoms with Crippen LogP contribution in [0.5, 0.6) is 0 Å². The summed E-state index contributed by atoms with van der Waals surface area (Å²) in [6.07, 6.45) is 2.45. The first-order chi connectivity index (χ1) is 3.66. The van der Waals surface area contributed by atoms with Crippen molar-refractivity contribution >= 4 is 12.6 Å². The molecule has 0 fully saturated rings. The Hall–Kier alpha value is 0.350. The molecule has 1 atom stereocenters. The summed E-state index contributed by atoms with van der Waals surface area (Å²) in [5, 5.41) is 0.620. The summed E-state index contributed by atoms with van der Waals surface area (Å²) >= 11 is 4.37. The molecular weight excluding hydrogens is 116 g/mol. The second-order valence-electron chi connectivity index (χ2n) is 2.69. The van der Waals surface area contributed by atoms with Gasteiger partial charge in [-0.2, -0.15) is 12.6 Å². The maximum atomic E-state index is 4.37. The van der Waals surface area contributed by atoms with Gasteiger partial charge in [0.15, 0.2) is 0 Å². The van der Waals surface area contributed by atoms with Crippen LogP contribution in [-0.2, 0) is 0 Å². The maximum absolute atomic E-state index is 4.37. The molecule has 0 heterocycles. The fraction of sp³-hybridized carbons (Fsp3) is 1.00. The van der Waals surface area contributed by atoms with Crippen molar-refractivity contribution in [1.29, 1.82) is 0 Å². The van der Waals surface area contributed by atoms with Crippen molar-refractivity contribution in [2.45, 2.75) is 38.9 Å². The van der Waals surface area contributed by atoms with Crippen LogP contribution in [0.3, 0.4) is 0 Å². The molecule has 0 bridgehead atoms. The predicted octanol–water partition coefficient (Wildman–Crippen LogP) is 2.74. The zero-order valence-corrected chi connectivity index (χ0v) is 6.91. The summed E-state index contributed by atoms with van der Waals surface area (Å²) in [7, 11) is 0. The van der Waals surface area contributed by atoms with Crippen LogP contribution >= 0.6 is 12.6 Å². The van der Waals surface area contributed by atoms with Crippen LogP contribution in [0.2, 0.25) is 0 Å². The van der Waals surface area contributed by atoms with Crippen molar-refractivity contribution < 1.29 is 0 Å². The molecule has 1 heteroatoms. The molecule has 0 nitrogen and oxygen atoms in total. The summed E-state index contributed by atoms with van der Waals surface area (Å²) in [5.74, 6) is 0.803. The van der Waals surface area contributed by atoms with Gasteiger partial charge in [0.2, 0.25) is 0 Å². The van der Waals surface area contributed by atoms with Crippen LogP contribution in [0, 0.1) is 5.92 Å². The largest absolute Gasteiger partial charge is 0.176 e. The Balaban J connectivity index is 3.10. The SMILES string of the molecule is CCC(S)CC(C)C. The molecule has 1 unspecified atom stereocenters. The van der Waals surface area contributed by atoms with Gasteiger partial charge in [-0.1, -0.05) is 20.8 Å². The first-order valence-corrected chi connectivity index (χ1v) is 3.86. The normalized spacial score (nSPS) is 14.6. The highest BCUT2D eigenvalue weighted by atomic mass is 32.1. The number of rotatable bonds is 3. The van der Waals surface area contributed by atoms with E-state index < -0.39 is 0 Å². The lowest BCUT2D eigenvalue weighted by atomic mass is 10.1. The average molecular weight is 132 g/mol. The topological polar surface area (TPSA) is 0 Å². The standard InChI is InChI=1S/C7H16S/c1-4-7(8)5-6(2)3/h6-8H,4-5H2,1-3H3. The molecule has 8 heavy (non-hydrogen) atoms. The molecular formula is C7H16S. The molecule has 0 radical (unpaired) electrons. The van der Waals surface area contributed by atoms with Gasteiger partial charge in [0.25, 0.3) is 0 Å². The molecule has 0 N–H and O–H groups in total. The van der Waals surface area contributed by atoms with Crippen LogP contribution in [0.25, 0.3) is 0 Å². The van der Waals surface area contributed by atoms with Crippen LogP contribution in [0.4, 0.5) is 0 Å². The third-order valence-electron chi connectivity index (χ3n) is 1.21. The van der Waals surface area contributed by atoms with E-state index in [-0.39, 0.29) is 0 Å². The molecule has 50 valence electrons. The van der Waals surface area contributed by atoms with Crippen LogP contribution in [0.15, 0.2) is 0 Å². The zero-order chi connectivity index (χ0) is 6.57. The molecule has 0 rings (SSSR count). The Labute approximate surface area is 58.1 Å². The van der Waals surface area contributed by atoms with Crippen molar-refractivity contribution in [3.8, 4) is 0 Å². The molecule has 0 saturated carbocycles. The summed E-state index contributed by atoms with van der Waals surface area (Å²) in [4.78, 5) is 0. The summed E-state index contributed by atoms with van der Waals surface area (Å²) < 4.78 is 0. The van der Waals surface area contributed by atoms with Gasteiger partial charge in [0.1, 0.15) is 0 Å². The van der Waals surface area contributed by atoms with E-state index in [1.165, 1.54) is 12.8 Å². The monoisotopic (exact) mass is 132 g/mol. The van der Waals surface area contributed by atoms with Gasteiger partial charge >= 0.3 is 0 Å². The minimum absolute atomic E-state index is 0.620. The average Bonchev–Trinajstić information content (AvgIpc) is 1.65. The van der Waals surface area contributed by atoms with Crippen molar-refractivity contribution in [2.75, 3.05) is 0 Å². The third-order valence-corrected chi connectivity index (χ3v) is 1.79. The molecule has 0 amide bonds. The number of thiol groups is 1. The Morgan fingerprint density at radius 1 is 1.38 bits per heavy atom. The molecule has 0 aliphatic carbocycles. The second kappa shape index (κ2) is 4.25. The van der Waals surface area contributed by atoms with Crippen molar-refractivity contribution in [3.63, 3.8) is 0 Å². The van der Waals surface area contributed by atoms with Crippen molar-refractivity contribution in [3.05, 3.63) is 0 Å². The van der Waals surface area contributed by atoms with Gasteiger partial charge in [0.05, 0.1) is 0 Å². The lowest BCUT2D eigenvalue weighted by Gasteiger charge is -2.08. The van der Waals surface area contributed by atoms with Crippen LogP contribution < -0.4 is 0 Å². The molecule has 0 aromatic rings. The van der Waals surface area contributed by atoms with E-state index in [9.17, 15) is 0 Å². The van der Waals surface area contributed by atoms with E-state index in [0.717, 1.165) is 5.92 Å². The summed E-state index contributed by atoms with van der Waals surface area (Å²) in [6.45, 7) is 6.65. The quantitative estimate of drug-likeness (QED) is 0.561. The number of hydrogen-bond acceptors (Lipinski definition) is 1. The molecule has 0 saturated heterocycles. The minimum atomic E-state index is 0.620. The smallest absolute Gasteiger partial charge is 0.00166 e. The van der Waals surface area contributed by atoms with E-state index in [2.05, 4.69) is 33.4 Å². The third kappa shape index (κ3) is 4.51. The lowest BCUT2D eigenvalue weighted by Crippen LogP contribution is -2.00. The van der Waals surface area contributed by atoms with Gasteiger partial charge in [-0.3, -0.25) is 0 Å². The van der Waals surface area contributed by atoms with E-state index in [1.54, 1.807) is 0 Å². The molecule has 0 spiro atoms. The zero-order valence-electron chi connectivity index (χ0n) is 6.02. The summed E-state index contributed by atoms with van der Waals surface area (Å²) in [5.41, 5.74) is 0. The van der Waals surface area contributed by atoms with E-state index in [1.807, 2.05) is 0 Å². The predicted molar refractivity (Wildman–Crippen MR) is 42.5 cm³/mol. The Morgan fingerprint density at radius 2 is 1.88 bits per heavy atom. The fourth-order valence-electron chi connectivity index (χ4n) is 0.711. The van der Waals surface area contributed by atoms with Crippen LogP contribution in [-0.4, -0.2) is 5.25 Å². The Kier molecular flexibility index (Phi) is 4.44. The fourth-order valence-corrected chi connectivity index (χ4v) is 1.13. The van der Waals surface area contributed by atoms with Gasteiger partial charge in [0, 0.05) is 5.25 Å². The minimum Gasteiger partial charge on any atom is -0.176 e. The van der Waals surface area contributed by atoms with Crippen LogP contribution in [0.1, 0.15) is 33.6 Å². The summed E-state index contributed by atoms with van der Waals surface area (Å²) in [6, 6.07) is 0. The van der Waals surface area contributed by atoms with Gasteiger partial charge < -0.3 is 0 Å². The Bertz CT molecular complexity index is 50.3. The molecule has 0 aliphatic heterocycles. The van der Waals surface area contributed by atoms with Crippen molar-refractivity contribution in [2.24, 2.45) is 5.92 Å². The van der Waals surface area contributed by atoms with E-state index in [4.69, 9.17) is 0 Å². The highest BCUT2D eigenvalue weighted by molar-refractivity contribution is 7.80. The molecule has 0 aromatic carbocycles. The first-order valence-electron chi connectivity index (χ1n) is 3.34. The van der Waals surface area contributed by atoms with E-state index >= 15 is 0 Å². The van der Waals surface area contributed by atoms with Gasteiger partial charge in [-0.15, -0.1) is 0 Å². The van der Waals surface area contributed by atoms with Gasteiger partial charge in [-0.05, 0) is 18.8 Å². The number of hydrogen-bond donors (Lipinski definition) is 1. The lowest BCUT2D eigenvalue weighted by molar-refractivity contribution is 0.562. The van der Waals surface area contributed by atoms with Crippen molar-refractivity contribution in [1.82, 2.24) is 0 Å². The Morgan fingerprint density at radius 3 is 2.00 bits per heavy atom. The second-order valence-corrected chi connectivity index (χ2v) is 3.42. The molecule has 0 aliphatic rings. The highest BCUT2D eigenvalue weighted by Crippen LogP contribution is 2.12. The first kappa shape index (κ1) is 8.35. The highest BCUT2D eigenvalue weighted by Gasteiger charge is 2.00. The van der Waals surface area contributed by atoms with E-state index in [0.29, 0.717) is 5.25 Å². The van der Waals surface area contributed by atoms with Gasteiger partial charge in [-0.25, -0.2) is 0 Å². The molecule has 0 aromatic heterocycles. The maximum Gasteiger partial charge on any atom is 0.00166 e.